The molecule has 2 atom stereocenters. The average molecular weight is 379 g/mol. The van der Waals surface area contributed by atoms with E-state index in [1.165, 1.54) is 25.9 Å². The SMILES string of the molecule is CCCCC(Cl)Oc1ccc(C(=O)N2CCCC2CN2CCCC2)cc1. The van der Waals surface area contributed by atoms with Gasteiger partial charge >= 0.3 is 0 Å². The van der Waals surface area contributed by atoms with Crippen LogP contribution in [-0.4, -0.2) is 53.5 Å². The minimum absolute atomic E-state index is 0.145. The van der Waals surface area contributed by atoms with Gasteiger partial charge in [-0.15, -0.1) is 0 Å². The number of unbranched alkanes of at least 4 members (excludes halogenated alkanes) is 1. The Bertz CT molecular complexity index is 572. The normalized spacial score (nSPS) is 21.9. The zero-order valence-electron chi connectivity index (χ0n) is 15.8. The average Bonchev–Trinajstić information content (AvgIpc) is 3.32. The van der Waals surface area contributed by atoms with Crippen LogP contribution in [0.1, 0.15) is 62.2 Å². The number of nitrogens with zero attached hydrogens (tertiary/aromatic N) is 2. The molecule has 2 heterocycles. The minimum atomic E-state index is -0.306. The molecule has 0 N–H and O–H groups in total. The number of carbonyl (C=O) groups is 1. The Kier molecular flexibility index (Phi) is 7.21. The molecule has 2 saturated heterocycles. The van der Waals surface area contributed by atoms with Crippen LogP contribution in [0.2, 0.25) is 0 Å². The summed E-state index contributed by atoms with van der Waals surface area (Å²) in [5.74, 6) is 0.874. The molecule has 0 bridgehead atoms. The molecule has 4 nitrogen and oxygen atoms in total. The summed E-state index contributed by atoms with van der Waals surface area (Å²) in [5, 5.41) is 0. The lowest BCUT2D eigenvalue weighted by atomic mass is 10.1. The summed E-state index contributed by atoms with van der Waals surface area (Å²) >= 11 is 6.20. The molecule has 3 rings (SSSR count). The Labute approximate surface area is 162 Å². The smallest absolute Gasteiger partial charge is 0.254 e. The lowest BCUT2D eigenvalue weighted by molar-refractivity contribution is 0.0708. The third-order valence-electron chi connectivity index (χ3n) is 5.46. The molecule has 2 unspecified atom stereocenters. The van der Waals surface area contributed by atoms with E-state index in [0.717, 1.165) is 56.5 Å². The van der Waals surface area contributed by atoms with Gasteiger partial charge in [-0.3, -0.25) is 4.79 Å². The summed E-state index contributed by atoms with van der Waals surface area (Å²) in [4.78, 5) is 17.5. The van der Waals surface area contributed by atoms with Crippen molar-refractivity contribution in [3.8, 4) is 5.75 Å². The van der Waals surface area contributed by atoms with E-state index in [9.17, 15) is 4.79 Å². The van der Waals surface area contributed by atoms with Crippen molar-refractivity contribution in [3.05, 3.63) is 29.8 Å². The van der Waals surface area contributed by atoms with Gasteiger partial charge in [-0.25, -0.2) is 0 Å². The molecule has 144 valence electrons. The number of carbonyl (C=O) groups excluding carboxylic acids is 1. The van der Waals surface area contributed by atoms with Gasteiger partial charge in [-0.2, -0.15) is 0 Å². The van der Waals surface area contributed by atoms with Gasteiger partial charge in [0.1, 0.15) is 5.75 Å². The van der Waals surface area contributed by atoms with Gasteiger partial charge in [0, 0.05) is 24.7 Å². The van der Waals surface area contributed by atoms with Crippen molar-refractivity contribution in [1.29, 1.82) is 0 Å². The first-order valence-corrected chi connectivity index (χ1v) is 10.5. The van der Waals surface area contributed by atoms with Gasteiger partial charge in [-0.1, -0.05) is 24.9 Å². The van der Waals surface area contributed by atoms with E-state index in [1.807, 2.05) is 24.3 Å². The van der Waals surface area contributed by atoms with Crippen LogP contribution in [-0.2, 0) is 0 Å². The fraction of sp³-hybridized carbons (Fsp3) is 0.667. The molecule has 26 heavy (non-hydrogen) atoms. The second kappa shape index (κ2) is 9.61. The van der Waals surface area contributed by atoms with Crippen molar-refractivity contribution >= 4 is 17.5 Å². The minimum Gasteiger partial charge on any atom is -0.475 e. The van der Waals surface area contributed by atoms with Crippen molar-refractivity contribution in [2.24, 2.45) is 0 Å². The fourth-order valence-electron chi connectivity index (χ4n) is 3.97. The van der Waals surface area contributed by atoms with Crippen LogP contribution in [0.25, 0.3) is 0 Å². The van der Waals surface area contributed by atoms with Crippen molar-refractivity contribution in [2.75, 3.05) is 26.2 Å². The zero-order chi connectivity index (χ0) is 18.4. The van der Waals surface area contributed by atoms with Gasteiger partial charge in [0.05, 0.1) is 0 Å². The third kappa shape index (κ3) is 5.14. The summed E-state index contributed by atoms with van der Waals surface area (Å²) in [6, 6.07) is 7.82. The van der Waals surface area contributed by atoms with Crippen LogP contribution < -0.4 is 4.74 Å². The number of ether oxygens (including phenoxy) is 1. The molecular formula is C21H31ClN2O2. The lowest BCUT2D eigenvalue weighted by Crippen LogP contribution is -2.42. The number of likely N-dealkylation sites (tertiary alicyclic amines) is 2. The van der Waals surface area contributed by atoms with Gasteiger partial charge < -0.3 is 14.5 Å². The Balaban J connectivity index is 1.56. The highest BCUT2D eigenvalue weighted by atomic mass is 35.5. The fourth-order valence-corrected chi connectivity index (χ4v) is 4.23. The van der Waals surface area contributed by atoms with Crippen LogP contribution >= 0.6 is 11.6 Å². The number of rotatable bonds is 8. The molecule has 0 radical (unpaired) electrons. The largest absolute Gasteiger partial charge is 0.475 e. The Morgan fingerprint density at radius 1 is 1.19 bits per heavy atom. The lowest BCUT2D eigenvalue weighted by Gasteiger charge is -2.28. The molecule has 1 amide bonds. The molecule has 2 fully saturated rings. The molecule has 0 spiro atoms. The summed E-state index contributed by atoms with van der Waals surface area (Å²) in [6.45, 7) is 6.40. The van der Waals surface area contributed by atoms with Crippen LogP contribution in [0.15, 0.2) is 24.3 Å². The number of hydrogen-bond acceptors (Lipinski definition) is 3. The van der Waals surface area contributed by atoms with Crippen LogP contribution in [0.3, 0.4) is 0 Å². The zero-order valence-corrected chi connectivity index (χ0v) is 16.6. The first kappa shape index (κ1) is 19.5. The van der Waals surface area contributed by atoms with E-state index in [0.29, 0.717) is 6.04 Å². The van der Waals surface area contributed by atoms with Crippen molar-refractivity contribution in [2.45, 2.75) is 63.5 Å². The quantitative estimate of drug-likeness (QED) is 0.623. The van der Waals surface area contributed by atoms with E-state index < -0.39 is 0 Å². The van der Waals surface area contributed by atoms with Crippen LogP contribution in [0.4, 0.5) is 0 Å². The molecule has 2 aliphatic rings. The van der Waals surface area contributed by atoms with Gasteiger partial charge in [0.25, 0.3) is 5.91 Å². The summed E-state index contributed by atoms with van der Waals surface area (Å²) in [5.41, 5.74) is 0.435. The second-order valence-electron chi connectivity index (χ2n) is 7.50. The maximum Gasteiger partial charge on any atom is 0.254 e. The highest BCUT2D eigenvalue weighted by Gasteiger charge is 2.31. The van der Waals surface area contributed by atoms with E-state index in [4.69, 9.17) is 16.3 Å². The number of amides is 1. The van der Waals surface area contributed by atoms with Crippen molar-refractivity contribution in [3.63, 3.8) is 0 Å². The molecule has 2 aliphatic heterocycles. The topological polar surface area (TPSA) is 32.8 Å². The molecule has 5 heteroatoms. The number of hydrogen-bond donors (Lipinski definition) is 0. The Hall–Kier alpha value is -1.26. The third-order valence-corrected chi connectivity index (χ3v) is 5.76. The highest BCUT2D eigenvalue weighted by Crippen LogP contribution is 2.24. The molecule has 1 aromatic carbocycles. The van der Waals surface area contributed by atoms with E-state index >= 15 is 0 Å². The molecule has 0 aliphatic carbocycles. The number of alkyl halides is 1. The molecule has 0 saturated carbocycles. The first-order chi connectivity index (χ1) is 12.7. The Morgan fingerprint density at radius 2 is 1.92 bits per heavy atom. The highest BCUT2D eigenvalue weighted by molar-refractivity contribution is 6.19. The monoisotopic (exact) mass is 378 g/mol. The Morgan fingerprint density at radius 3 is 2.62 bits per heavy atom. The van der Waals surface area contributed by atoms with E-state index in [1.54, 1.807) is 0 Å². The standard InChI is InChI=1S/C21H31ClN2O2/c1-2-3-8-20(22)26-19-11-9-17(10-12-19)21(25)24-15-6-7-18(24)16-23-13-4-5-14-23/h9-12,18,20H,2-8,13-16H2,1H3. The predicted octanol–water partition coefficient (Wildman–Crippen LogP) is 4.52. The summed E-state index contributed by atoms with van der Waals surface area (Å²) in [7, 11) is 0. The van der Waals surface area contributed by atoms with Gasteiger partial charge in [0.2, 0.25) is 0 Å². The summed E-state index contributed by atoms with van der Waals surface area (Å²) in [6.07, 6.45) is 7.81. The second-order valence-corrected chi connectivity index (χ2v) is 7.98. The van der Waals surface area contributed by atoms with Crippen molar-refractivity contribution in [1.82, 2.24) is 9.80 Å². The predicted molar refractivity (Wildman–Crippen MR) is 106 cm³/mol. The van der Waals surface area contributed by atoms with E-state index in [-0.39, 0.29) is 11.5 Å². The van der Waals surface area contributed by atoms with E-state index in [2.05, 4.69) is 16.7 Å². The molecule has 1 aromatic rings. The van der Waals surface area contributed by atoms with Crippen LogP contribution in [0, 0.1) is 0 Å². The summed E-state index contributed by atoms with van der Waals surface area (Å²) < 4.78 is 5.72. The van der Waals surface area contributed by atoms with Gasteiger partial charge in [-0.05, 0) is 75.9 Å². The molecular weight excluding hydrogens is 348 g/mol. The number of benzene rings is 1. The van der Waals surface area contributed by atoms with Gasteiger partial charge in [0.15, 0.2) is 5.56 Å². The van der Waals surface area contributed by atoms with Crippen molar-refractivity contribution < 1.29 is 9.53 Å². The maximum atomic E-state index is 12.9. The molecule has 0 aromatic heterocycles. The first-order valence-electron chi connectivity index (χ1n) is 10.1. The number of halogens is 1. The maximum absolute atomic E-state index is 12.9. The van der Waals surface area contributed by atoms with Crippen LogP contribution in [0.5, 0.6) is 5.75 Å².